The molecule has 0 aromatic carbocycles. The summed E-state index contributed by atoms with van der Waals surface area (Å²) < 4.78 is 57.9. The molecule has 3 aromatic heterocycles. The van der Waals surface area contributed by atoms with Crippen LogP contribution >= 0.6 is 0 Å². The van der Waals surface area contributed by atoms with Crippen molar-refractivity contribution in [3.63, 3.8) is 0 Å². The maximum absolute atomic E-state index is 14.1. The molecule has 1 saturated heterocycles. The Morgan fingerprint density at radius 3 is 2.58 bits per heavy atom. The third-order valence-electron chi connectivity index (χ3n) is 5.11. The minimum absolute atomic E-state index is 0.103. The number of alkyl halides is 3. The summed E-state index contributed by atoms with van der Waals surface area (Å²) in [4.78, 5) is 31.0. The summed E-state index contributed by atoms with van der Waals surface area (Å²) in [6, 6.07) is 3.78. The molecular weight excluding hydrogens is 442 g/mol. The summed E-state index contributed by atoms with van der Waals surface area (Å²) >= 11 is 0. The number of nitrogens with zero attached hydrogens (tertiary/aromatic N) is 5. The lowest BCUT2D eigenvalue weighted by Gasteiger charge is -2.32. The molecule has 0 saturated carbocycles. The van der Waals surface area contributed by atoms with Gasteiger partial charge in [-0.15, -0.1) is 0 Å². The molecule has 1 fully saturated rings. The lowest BCUT2D eigenvalue weighted by atomic mass is 10.1. The normalized spacial score (nSPS) is 16.5. The van der Waals surface area contributed by atoms with E-state index >= 15 is 0 Å². The van der Waals surface area contributed by atoms with E-state index in [0.29, 0.717) is 43.0 Å². The van der Waals surface area contributed by atoms with E-state index in [1.165, 1.54) is 4.90 Å². The molecule has 0 spiro atoms. The van der Waals surface area contributed by atoms with Crippen LogP contribution in [0.1, 0.15) is 34.5 Å². The van der Waals surface area contributed by atoms with Gasteiger partial charge in [0.1, 0.15) is 11.8 Å². The standard InChI is InChI=1S/C22H19F4N5O2/c1-13-8-16(19-27-5-3-6-28-19)18(29-10-13)21(32)31-7-2-4-15(12-31)33-20-17(23)9-14(11-30-20)22(24,25)26/h3,5-6,8-11,15H,2,4,7,12H2,1H3/t15-/m1/s1. The molecule has 0 N–H and O–H groups in total. The van der Waals surface area contributed by atoms with Crippen LogP contribution in [0.3, 0.4) is 0 Å². The molecule has 0 unspecified atom stereocenters. The molecule has 3 aromatic rings. The van der Waals surface area contributed by atoms with Crippen LogP contribution in [0.2, 0.25) is 0 Å². The van der Waals surface area contributed by atoms with E-state index in [2.05, 4.69) is 19.9 Å². The van der Waals surface area contributed by atoms with Gasteiger partial charge in [-0.05, 0) is 43.5 Å². The van der Waals surface area contributed by atoms with Gasteiger partial charge in [0.2, 0.25) is 0 Å². The van der Waals surface area contributed by atoms with Crippen molar-refractivity contribution < 1.29 is 27.1 Å². The Labute approximate surface area is 186 Å². The Bertz CT molecular complexity index is 1160. The van der Waals surface area contributed by atoms with Gasteiger partial charge in [0.25, 0.3) is 11.8 Å². The maximum Gasteiger partial charge on any atom is 0.417 e. The number of halogens is 4. The average molecular weight is 461 g/mol. The zero-order valence-corrected chi connectivity index (χ0v) is 17.5. The molecule has 172 valence electrons. The van der Waals surface area contributed by atoms with Crippen molar-refractivity contribution in [1.29, 1.82) is 0 Å². The number of rotatable bonds is 4. The van der Waals surface area contributed by atoms with Gasteiger partial charge in [-0.25, -0.2) is 19.3 Å². The fourth-order valence-electron chi connectivity index (χ4n) is 3.54. The molecular formula is C22H19F4N5O2. The molecule has 1 amide bonds. The lowest BCUT2D eigenvalue weighted by Crippen LogP contribution is -2.45. The first kappa shape index (κ1) is 22.6. The second-order valence-corrected chi connectivity index (χ2v) is 7.62. The van der Waals surface area contributed by atoms with Gasteiger partial charge in [-0.2, -0.15) is 13.2 Å². The van der Waals surface area contributed by atoms with Crippen LogP contribution in [0.4, 0.5) is 17.6 Å². The van der Waals surface area contributed by atoms with E-state index in [-0.39, 0.29) is 18.1 Å². The van der Waals surface area contributed by atoms with E-state index < -0.39 is 29.5 Å². The summed E-state index contributed by atoms with van der Waals surface area (Å²) in [6.45, 7) is 2.36. The van der Waals surface area contributed by atoms with Crippen molar-refractivity contribution in [3.8, 4) is 17.3 Å². The number of aryl methyl sites for hydroxylation is 1. The van der Waals surface area contributed by atoms with E-state index in [1.807, 2.05) is 6.92 Å². The number of amides is 1. The Morgan fingerprint density at radius 2 is 1.88 bits per heavy atom. The molecule has 0 aliphatic carbocycles. The second-order valence-electron chi connectivity index (χ2n) is 7.62. The number of ether oxygens (including phenoxy) is 1. The van der Waals surface area contributed by atoms with Gasteiger partial charge >= 0.3 is 6.18 Å². The number of hydrogen-bond acceptors (Lipinski definition) is 6. The van der Waals surface area contributed by atoms with Gasteiger partial charge in [0, 0.05) is 31.3 Å². The molecule has 33 heavy (non-hydrogen) atoms. The van der Waals surface area contributed by atoms with Crippen LogP contribution in [0.25, 0.3) is 11.4 Å². The molecule has 0 bridgehead atoms. The number of pyridine rings is 2. The first-order valence-electron chi connectivity index (χ1n) is 10.1. The number of likely N-dealkylation sites (tertiary alicyclic amines) is 1. The van der Waals surface area contributed by atoms with Gasteiger partial charge in [-0.1, -0.05) is 0 Å². The van der Waals surface area contributed by atoms with Crippen LogP contribution in [-0.2, 0) is 6.18 Å². The monoisotopic (exact) mass is 461 g/mol. The summed E-state index contributed by atoms with van der Waals surface area (Å²) in [6.07, 6.45) is 0.921. The van der Waals surface area contributed by atoms with E-state index in [4.69, 9.17) is 4.74 Å². The Morgan fingerprint density at radius 1 is 1.12 bits per heavy atom. The predicted octanol–water partition coefficient (Wildman–Crippen LogP) is 4.08. The van der Waals surface area contributed by atoms with Crippen molar-refractivity contribution in [3.05, 3.63) is 65.6 Å². The minimum atomic E-state index is -4.71. The SMILES string of the molecule is Cc1cnc(C(=O)N2CCC[C@@H](Oc3ncc(C(F)(F)F)cc3F)C2)c(-c2ncccn2)c1. The van der Waals surface area contributed by atoms with Gasteiger partial charge in [0.05, 0.1) is 17.7 Å². The third-order valence-corrected chi connectivity index (χ3v) is 5.11. The molecule has 0 radical (unpaired) electrons. The van der Waals surface area contributed by atoms with Gasteiger partial charge < -0.3 is 9.64 Å². The topological polar surface area (TPSA) is 81.1 Å². The van der Waals surface area contributed by atoms with Gasteiger partial charge in [-0.3, -0.25) is 9.78 Å². The molecule has 1 aliphatic rings. The number of piperidine rings is 1. The smallest absolute Gasteiger partial charge is 0.417 e. The fraction of sp³-hybridized carbons (Fsp3) is 0.318. The van der Waals surface area contributed by atoms with Crippen LogP contribution < -0.4 is 4.74 Å². The Kier molecular flexibility index (Phi) is 6.21. The minimum Gasteiger partial charge on any atom is -0.470 e. The molecule has 11 heteroatoms. The van der Waals surface area contributed by atoms with Gasteiger partial charge in [0.15, 0.2) is 11.6 Å². The summed E-state index contributed by atoms with van der Waals surface area (Å²) in [7, 11) is 0. The highest BCUT2D eigenvalue weighted by Gasteiger charge is 2.33. The van der Waals surface area contributed by atoms with Crippen molar-refractivity contribution in [2.24, 2.45) is 0 Å². The first-order chi connectivity index (χ1) is 15.7. The van der Waals surface area contributed by atoms with E-state index in [1.54, 1.807) is 30.7 Å². The lowest BCUT2D eigenvalue weighted by molar-refractivity contribution is -0.138. The second kappa shape index (κ2) is 9.08. The van der Waals surface area contributed by atoms with Crippen molar-refractivity contribution in [2.45, 2.75) is 32.0 Å². The van der Waals surface area contributed by atoms with Crippen molar-refractivity contribution >= 4 is 5.91 Å². The van der Waals surface area contributed by atoms with Crippen LogP contribution in [0, 0.1) is 12.7 Å². The summed E-state index contributed by atoms with van der Waals surface area (Å²) in [5.74, 6) is -1.75. The zero-order chi connectivity index (χ0) is 23.6. The van der Waals surface area contributed by atoms with Crippen LogP contribution in [0.15, 0.2) is 43.0 Å². The highest BCUT2D eigenvalue weighted by atomic mass is 19.4. The summed E-state index contributed by atoms with van der Waals surface area (Å²) in [5, 5.41) is 0. The zero-order valence-electron chi connectivity index (χ0n) is 17.5. The maximum atomic E-state index is 14.1. The summed E-state index contributed by atoms with van der Waals surface area (Å²) in [5.41, 5.74) is 0.289. The number of carbonyl (C=O) groups is 1. The third kappa shape index (κ3) is 5.07. The fourth-order valence-corrected chi connectivity index (χ4v) is 3.54. The highest BCUT2D eigenvalue weighted by Crippen LogP contribution is 2.31. The highest BCUT2D eigenvalue weighted by molar-refractivity contribution is 5.98. The number of hydrogen-bond donors (Lipinski definition) is 0. The largest absolute Gasteiger partial charge is 0.470 e. The van der Waals surface area contributed by atoms with E-state index in [0.717, 1.165) is 5.56 Å². The van der Waals surface area contributed by atoms with Crippen molar-refractivity contribution in [1.82, 2.24) is 24.8 Å². The van der Waals surface area contributed by atoms with E-state index in [9.17, 15) is 22.4 Å². The molecule has 1 atom stereocenters. The number of aromatic nitrogens is 4. The quantitative estimate of drug-likeness (QED) is 0.545. The number of carbonyl (C=O) groups excluding carboxylic acids is 1. The van der Waals surface area contributed by atoms with Crippen LogP contribution in [-0.4, -0.2) is 49.9 Å². The first-order valence-corrected chi connectivity index (χ1v) is 10.1. The van der Waals surface area contributed by atoms with Crippen LogP contribution in [0.5, 0.6) is 5.88 Å². The predicted molar refractivity (Wildman–Crippen MR) is 109 cm³/mol. The molecule has 1 aliphatic heterocycles. The average Bonchev–Trinajstić information content (AvgIpc) is 2.80. The Balaban J connectivity index is 1.52. The Hall–Kier alpha value is -3.63. The molecule has 7 nitrogen and oxygen atoms in total. The van der Waals surface area contributed by atoms with Crippen molar-refractivity contribution in [2.75, 3.05) is 13.1 Å². The molecule has 4 rings (SSSR count). The molecule has 4 heterocycles.